The summed E-state index contributed by atoms with van der Waals surface area (Å²) in [5.74, 6) is 1.61. The molecule has 0 bridgehead atoms. The van der Waals surface area contributed by atoms with Crippen LogP contribution in [-0.2, 0) is 11.3 Å². The molecule has 0 N–H and O–H groups in total. The Bertz CT molecular complexity index is 737. The van der Waals surface area contributed by atoms with Crippen molar-refractivity contribution in [2.24, 2.45) is 0 Å². The van der Waals surface area contributed by atoms with E-state index in [2.05, 4.69) is 33.0 Å². The Morgan fingerprint density at radius 3 is 2.48 bits per heavy atom. The summed E-state index contributed by atoms with van der Waals surface area (Å²) in [7, 11) is 1.68. The van der Waals surface area contributed by atoms with Gasteiger partial charge in [-0.3, -0.25) is 9.69 Å². The standard InChI is InChI=1S/C21H25BrN2O2S/c1-26-19-7-3-17(4-8-19)15-23-11-2-12-24(14-13-23)21(25)16-27-20-9-5-18(22)6-10-20/h3-10H,2,11-16H2,1H3. The Balaban J connectivity index is 1.46. The van der Waals surface area contributed by atoms with Crippen LogP contribution >= 0.6 is 27.7 Å². The SMILES string of the molecule is COc1ccc(CN2CCCN(C(=O)CSc3ccc(Br)cc3)CC2)cc1. The zero-order valence-electron chi connectivity index (χ0n) is 15.6. The molecule has 0 atom stereocenters. The number of benzene rings is 2. The topological polar surface area (TPSA) is 32.8 Å². The summed E-state index contributed by atoms with van der Waals surface area (Å²) in [4.78, 5) is 18.2. The molecule has 144 valence electrons. The van der Waals surface area contributed by atoms with Gasteiger partial charge in [0.05, 0.1) is 12.9 Å². The molecule has 6 heteroatoms. The summed E-state index contributed by atoms with van der Waals surface area (Å²) >= 11 is 5.04. The number of thioether (sulfide) groups is 1. The summed E-state index contributed by atoms with van der Waals surface area (Å²) in [6, 6.07) is 16.3. The molecule has 2 aromatic carbocycles. The lowest BCUT2D eigenvalue weighted by atomic mass is 10.2. The van der Waals surface area contributed by atoms with Gasteiger partial charge < -0.3 is 9.64 Å². The van der Waals surface area contributed by atoms with Crippen molar-refractivity contribution in [1.82, 2.24) is 9.80 Å². The van der Waals surface area contributed by atoms with Crippen molar-refractivity contribution in [1.29, 1.82) is 0 Å². The molecular weight excluding hydrogens is 424 g/mol. The molecule has 1 aliphatic rings. The van der Waals surface area contributed by atoms with Crippen LogP contribution in [-0.4, -0.2) is 54.7 Å². The second kappa shape index (κ2) is 10.2. The minimum atomic E-state index is 0.231. The highest BCUT2D eigenvalue weighted by atomic mass is 79.9. The summed E-state index contributed by atoms with van der Waals surface area (Å²) in [5, 5.41) is 0. The molecule has 1 heterocycles. The van der Waals surface area contributed by atoms with Gasteiger partial charge >= 0.3 is 0 Å². The van der Waals surface area contributed by atoms with Gasteiger partial charge in [-0.2, -0.15) is 0 Å². The van der Waals surface area contributed by atoms with E-state index in [9.17, 15) is 4.79 Å². The van der Waals surface area contributed by atoms with Crippen molar-refractivity contribution in [2.75, 3.05) is 39.0 Å². The van der Waals surface area contributed by atoms with Crippen LogP contribution in [0.15, 0.2) is 57.9 Å². The predicted molar refractivity (Wildman–Crippen MR) is 114 cm³/mol. The number of amides is 1. The quantitative estimate of drug-likeness (QED) is 0.617. The zero-order chi connectivity index (χ0) is 19.1. The van der Waals surface area contributed by atoms with Crippen LogP contribution in [0.25, 0.3) is 0 Å². The van der Waals surface area contributed by atoms with E-state index in [0.717, 1.165) is 54.3 Å². The van der Waals surface area contributed by atoms with Crippen molar-refractivity contribution in [3.8, 4) is 5.75 Å². The van der Waals surface area contributed by atoms with E-state index in [1.165, 1.54) is 5.56 Å². The van der Waals surface area contributed by atoms with E-state index in [-0.39, 0.29) is 5.91 Å². The number of halogens is 1. The average Bonchev–Trinajstić information content (AvgIpc) is 2.93. The Kier molecular flexibility index (Phi) is 7.61. The van der Waals surface area contributed by atoms with Crippen LogP contribution in [0, 0.1) is 0 Å². The molecule has 2 aromatic rings. The molecule has 1 aliphatic heterocycles. The summed E-state index contributed by atoms with van der Waals surface area (Å²) in [5.41, 5.74) is 1.28. The highest BCUT2D eigenvalue weighted by molar-refractivity contribution is 9.10. The van der Waals surface area contributed by atoms with Gasteiger partial charge in [-0.15, -0.1) is 11.8 Å². The number of nitrogens with zero attached hydrogens (tertiary/aromatic N) is 2. The molecular formula is C21H25BrN2O2S. The fraction of sp³-hybridized carbons (Fsp3) is 0.381. The van der Waals surface area contributed by atoms with Gasteiger partial charge in [0.1, 0.15) is 5.75 Å². The van der Waals surface area contributed by atoms with Crippen LogP contribution in [0.4, 0.5) is 0 Å². The minimum Gasteiger partial charge on any atom is -0.497 e. The largest absolute Gasteiger partial charge is 0.497 e. The van der Waals surface area contributed by atoms with Gasteiger partial charge in [0, 0.05) is 42.1 Å². The van der Waals surface area contributed by atoms with E-state index in [1.54, 1.807) is 18.9 Å². The lowest BCUT2D eigenvalue weighted by Gasteiger charge is -2.22. The molecule has 0 unspecified atom stereocenters. The fourth-order valence-corrected chi connectivity index (χ4v) is 4.20. The maximum atomic E-state index is 12.6. The second-order valence-corrected chi connectivity index (χ2v) is 8.57. The minimum absolute atomic E-state index is 0.231. The summed E-state index contributed by atoms with van der Waals surface area (Å²) < 4.78 is 6.28. The third-order valence-electron chi connectivity index (χ3n) is 4.68. The fourth-order valence-electron chi connectivity index (χ4n) is 3.13. The number of rotatable bonds is 6. The van der Waals surface area contributed by atoms with Crippen LogP contribution in [0.2, 0.25) is 0 Å². The maximum Gasteiger partial charge on any atom is 0.232 e. The van der Waals surface area contributed by atoms with Gasteiger partial charge in [-0.05, 0) is 48.4 Å². The average molecular weight is 449 g/mol. The van der Waals surface area contributed by atoms with Gasteiger partial charge in [-0.1, -0.05) is 28.1 Å². The van der Waals surface area contributed by atoms with E-state index in [1.807, 2.05) is 41.3 Å². The molecule has 3 rings (SSSR count). The Labute approximate surface area is 174 Å². The van der Waals surface area contributed by atoms with Crippen LogP contribution < -0.4 is 4.74 Å². The van der Waals surface area contributed by atoms with E-state index in [0.29, 0.717) is 5.75 Å². The molecule has 4 nitrogen and oxygen atoms in total. The number of methoxy groups -OCH3 is 1. The first-order chi connectivity index (χ1) is 13.1. The molecule has 0 radical (unpaired) electrons. The summed E-state index contributed by atoms with van der Waals surface area (Å²) in [6.07, 6.45) is 1.02. The second-order valence-electron chi connectivity index (χ2n) is 6.60. The number of carbonyl (C=O) groups is 1. The molecule has 0 aromatic heterocycles. The van der Waals surface area contributed by atoms with Gasteiger partial charge in [0.25, 0.3) is 0 Å². The smallest absolute Gasteiger partial charge is 0.232 e. The molecule has 0 saturated carbocycles. The van der Waals surface area contributed by atoms with Crippen molar-refractivity contribution in [3.05, 3.63) is 58.6 Å². The third-order valence-corrected chi connectivity index (χ3v) is 6.21. The molecule has 0 aliphatic carbocycles. The van der Waals surface area contributed by atoms with Gasteiger partial charge in [0.2, 0.25) is 5.91 Å². The Hall–Kier alpha value is -1.50. The van der Waals surface area contributed by atoms with E-state index in [4.69, 9.17) is 4.74 Å². The molecule has 1 fully saturated rings. The van der Waals surface area contributed by atoms with E-state index < -0.39 is 0 Å². The van der Waals surface area contributed by atoms with Crippen molar-refractivity contribution in [2.45, 2.75) is 17.9 Å². The van der Waals surface area contributed by atoms with Crippen LogP contribution in [0.1, 0.15) is 12.0 Å². The number of ether oxygens (including phenoxy) is 1. The van der Waals surface area contributed by atoms with Gasteiger partial charge in [0.15, 0.2) is 0 Å². The lowest BCUT2D eigenvalue weighted by molar-refractivity contribution is -0.128. The van der Waals surface area contributed by atoms with Crippen molar-refractivity contribution < 1.29 is 9.53 Å². The highest BCUT2D eigenvalue weighted by Crippen LogP contribution is 2.21. The number of hydrogen-bond acceptors (Lipinski definition) is 4. The molecule has 1 amide bonds. The van der Waals surface area contributed by atoms with Crippen LogP contribution in [0.5, 0.6) is 5.75 Å². The first kappa shape index (κ1) is 20.2. The maximum absolute atomic E-state index is 12.6. The normalized spacial score (nSPS) is 15.4. The van der Waals surface area contributed by atoms with E-state index >= 15 is 0 Å². The predicted octanol–water partition coefficient (Wildman–Crippen LogP) is 4.28. The van der Waals surface area contributed by atoms with Crippen molar-refractivity contribution in [3.63, 3.8) is 0 Å². The highest BCUT2D eigenvalue weighted by Gasteiger charge is 2.19. The first-order valence-electron chi connectivity index (χ1n) is 9.15. The number of hydrogen-bond donors (Lipinski definition) is 0. The molecule has 27 heavy (non-hydrogen) atoms. The lowest BCUT2D eigenvalue weighted by Crippen LogP contribution is -2.36. The summed E-state index contributed by atoms with van der Waals surface area (Å²) in [6.45, 7) is 4.50. The monoisotopic (exact) mass is 448 g/mol. The van der Waals surface area contributed by atoms with Crippen LogP contribution in [0.3, 0.4) is 0 Å². The zero-order valence-corrected chi connectivity index (χ0v) is 18.0. The first-order valence-corrected chi connectivity index (χ1v) is 10.9. The Morgan fingerprint density at radius 2 is 1.78 bits per heavy atom. The number of carbonyl (C=O) groups excluding carboxylic acids is 1. The van der Waals surface area contributed by atoms with Gasteiger partial charge in [-0.25, -0.2) is 0 Å². The molecule has 0 spiro atoms. The van der Waals surface area contributed by atoms with Crippen molar-refractivity contribution >= 4 is 33.6 Å². The molecule has 1 saturated heterocycles. The third kappa shape index (κ3) is 6.26. The Morgan fingerprint density at radius 1 is 1.04 bits per heavy atom.